The second kappa shape index (κ2) is 5.27. The number of aromatic nitrogens is 1. The number of aliphatic hydroxyl groups excluding tert-OH is 1. The van der Waals surface area contributed by atoms with Crippen LogP contribution in [0.3, 0.4) is 0 Å². The summed E-state index contributed by atoms with van der Waals surface area (Å²) < 4.78 is 5.20. The topological polar surface area (TPSA) is 65.6 Å². The first-order chi connectivity index (χ1) is 8.13. The molecule has 2 N–H and O–H groups in total. The third-order valence-electron chi connectivity index (χ3n) is 2.65. The predicted octanol–water partition coefficient (Wildman–Crippen LogP) is 1.15. The summed E-state index contributed by atoms with van der Waals surface area (Å²) >= 11 is 11.5. The SMILES string of the molecule is O=C(c1cc(Cl)c(Cl)[nH]1)N1CCOCC1CO. The summed E-state index contributed by atoms with van der Waals surface area (Å²) in [6.07, 6.45) is 0. The summed E-state index contributed by atoms with van der Waals surface area (Å²) in [7, 11) is 0. The minimum atomic E-state index is -0.322. The molecule has 0 aliphatic carbocycles. The van der Waals surface area contributed by atoms with E-state index < -0.39 is 0 Å². The molecule has 0 saturated carbocycles. The second-order valence-electron chi connectivity index (χ2n) is 3.75. The number of carbonyl (C=O) groups is 1. The molecule has 0 spiro atoms. The lowest BCUT2D eigenvalue weighted by atomic mass is 10.2. The summed E-state index contributed by atoms with van der Waals surface area (Å²) in [6.45, 7) is 1.11. The van der Waals surface area contributed by atoms with Crippen LogP contribution in [-0.2, 0) is 4.74 Å². The number of hydrogen-bond acceptors (Lipinski definition) is 3. The van der Waals surface area contributed by atoms with Crippen molar-refractivity contribution in [2.24, 2.45) is 0 Å². The van der Waals surface area contributed by atoms with Gasteiger partial charge in [0.15, 0.2) is 0 Å². The van der Waals surface area contributed by atoms with Gasteiger partial charge < -0.3 is 19.7 Å². The van der Waals surface area contributed by atoms with Gasteiger partial charge in [0.05, 0.1) is 30.9 Å². The van der Waals surface area contributed by atoms with Gasteiger partial charge in [-0.1, -0.05) is 23.2 Å². The summed E-state index contributed by atoms with van der Waals surface area (Å²) in [5.41, 5.74) is 0.320. The average molecular weight is 279 g/mol. The molecule has 7 heteroatoms. The molecule has 1 atom stereocenters. The maximum absolute atomic E-state index is 12.1. The van der Waals surface area contributed by atoms with Crippen LogP contribution in [0.15, 0.2) is 6.07 Å². The number of carbonyl (C=O) groups excluding carboxylic acids is 1. The van der Waals surface area contributed by atoms with Gasteiger partial charge in [0.2, 0.25) is 0 Å². The Kier molecular flexibility index (Phi) is 3.93. The monoisotopic (exact) mass is 278 g/mol. The Balaban J connectivity index is 2.18. The van der Waals surface area contributed by atoms with Crippen molar-refractivity contribution in [1.29, 1.82) is 0 Å². The molecule has 2 rings (SSSR count). The molecule has 17 heavy (non-hydrogen) atoms. The normalized spacial score (nSPS) is 20.6. The predicted molar refractivity (Wildman–Crippen MR) is 63.5 cm³/mol. The molecule has 0 aromatic carbocycles. The van der Waals surface area contributed by atoms with Crippen molar-refractivity contribution >= 4 is 29.1 Å². The molecule has 1 unspecified atom stereocenters. The minimum absolute atomic E-state index is 0.131. The highest BCUT2D eigenvalue weighted by Crippen LogP contribution is 2.23. The van der Waals surface area contributed by atoms with Crippen molar-refractivity contribution in [2.45, 2.75) is 6.04 Å². The minimum Gasteiger partial charge on any atom is -0.394 e. The molecular formula is C10H12Cl2N2O3. The Morgan fingerprint density at radius 1 is 1.65 bits per heavy atom. The van der Waals surface area contributed by atoms with Crippen LogP contribution in [0.4, 0.5) is 0 Å². The molecule has 5 nitrogen and oxygen atoms in total. The van der Waals surface area contributed by atoms with Crippen molar-refractivity contribution in [3.63, 3.8) is 0 Å². The largest absolute Gasteiger partial charge is 0.394 e. The van der Waals surface area contributed by atoms with E-state index in [1.165, 1.54) is 6.07 Å². The number of aliphatic hydroxyl groups is 1. The maximum Gasteiger partial charge on any atom is 0.270 e. The van der Waals surface area contributed by atoms with Crippen LogP contribution in [0, 0.1) is 0 Å². The number of aromatic amines is 1. The lowest BCUT2D eigenvalue weighted by Gasteiger charge is -2.34. The number of ether oxygens (including phenoxy) is 1. The molecule has 1 aliphatic heterocycles. The van der Waals surface area contributed by atoms with E-state index in [1.807, 2.05) is 0 Å². The van der Waals surface area contributed by atoms with Gasteiger partial charge >= 0.3 is 0 Å². The number of rotatable bonds is 2. The molecule has 1 fully saturated rings. The van der Waals surface area contributed by atoms with Gasteiger partial charge in [0, 0.05) is 6.54 Å². The van der Waals surface area contributed by atoms with Crippen LogP contribution >= 0.6 is 23.2 Å². The van der Waals surface area contributed by atoms with Gasteiger partial charge in [-0.3, -0.25) is 4.79 Å². The Morgan fingerprint density at radius 3 is 3.00 bits per heavy atom. The van der Waals surface area contributed by atoms with Gasteiger partial charge in [0.25, 0.3) is 5.91 Å². The van der Waals surface area contributed by atoms with Gasteiger partial charge in [-0.25, -0.2) is 0 Å². The van der Waals surface area contributed by atoms with E-state index in [0.29, 0.717) is 30.5 Å². The van der Waals surface area contributed by atoms with Crippen molar-refractivity contribution < 1.29 is 14.6 Å². The number of halogens is 2. The lowest BCUT2D eigenvalue weighted by molar-refractivity contribution is -0.0186. The van der Waals surface area contributed by atoms with E-state index >= 15 is 0 Å². The molecular weight excluding hydrogens is 267 g/mol. The molecule has 1 aliphatic rings. The number of hydrogen-bond donors (Lipinski definition) is 2. The van der Waals surface area contributed by atoms with E-state index in [4.69, 9.17) is 27.9 Å². The van der Waals surface area contributed by atoms with Gasteiger partial charge in [-0.05, 0) is 6.07 Å². The Labute approximate surface area is 108 Å². The molecule has 1 aromatic heterocycles. The highest BCUT2D eigenvalue weighted by atomic mass is 35.5. The molecule has 0 bridgehead atoms. The van der Waals surface area contributed by atoms with Crippen LogP contribution in [0.25, 0.3) is 0 Å². The summed E-state index contributed by atoms with van der Waals surface area (Å²) in [4.78, 5) is 16.4. The lowest BCUT2D eigenvalue weighted by Crippen LogP contribution is -2.50. The van der Waals surface area contributed by atoms with Crippen LogP contribution in [0.2, 0.25) is 10.2 Å². The van der Waals surface area contributed by atoms with Crippen molar-refractivity contribution in [1.82, 2.24) is 9.88 Å². The fourth-order valence-corrected chi connectivity index (χ4v) is 2.06. The Bertz CT molecular complexity index is 402. The molecule has 1 saturated heterocycles. The van der Waals surface area contributed by atoms with Crippen LogP contribution < -0.4 is 0 Å². The molecule has 94 valence electrons. The maximum atomic E-state index is 12.1. The molecule has 0 radical (unpaired) electrons. The van der Waals surface area contributed by atoms with Crippen molar-refractivity contribution in [3.8, 4) is 0 Å². The summed E-state index contributed by atoms with van der Waals surface area (Å²) in [6, 6.07) is 1.16. The van der Waals surface area contributed by atoms with Crippen LogP contribution in [-0.4, -0.2) is 53.3 Å². The number of H-pyrrole nitrogens is 1. The first-order valence-corrected chi connectivity index (χ1v) is 5.92. The van der Waals surface area contributed by atoms with E-state index in [9.17, 15) is 9.90 Å². The Hall–Kier alpha value is -0.750. The number of amides is 1. The molecule has 1 aromatic rings. The fraction of sp³-hybridized carbons (Fsp3) is 0.500. The quantitative estimate of drug-likeness (QED) is 0.853. The van der Waals surface area contributed by atoms with Gasteiger partial charge in [0.1, 0.15) is 10.8 Å². The van der Waals surface area contributed by atoms with E-state index in [-0.39, 0.29) is 23.7 Å². The highest BCUT2D eigenvalue weighted by molar-refractivity contribution is 6.41. The average Bonchev–Trinajstić information content (AvgIpc) is 2.68. The molecule has 2 heterocycles. The third-order valence-corrected chi connectivity index (χ3v) is 3.35. The summed E-state index contributed by atoms with van der Waals surface area (Å²) in [5, 5.41) is 9.73. The van der Waals surface area contributed by atoms with Crippen molar-refractivity contribution in [3.05, 3.63) is 21.9 Å². The van der Waals surface area contributed by atoms with Crippen LogP contribution in [0.5, 0.6) is 0 Å². The zero-order valence-corrected chi connectivity index (χ0v) is 10.5. The second-order valence-corrected chi connectivity index (χ2v) is 4.54. The van der Waals surface area contributed by atoms with Crippen molar-refractivity contribution in [2.75, 3.05) is 26.4 Å². The van der Waals surface area contributed by atoms with E-state index in [0.717, 1.165) is 0 Å². The van der Waals surface area contributed by atoms with Gasteiger partial charge in [-0.2, -0.15) is 0 Å². The smallest absolute Gasteiger partial charge is 0.270 e. The third kappa shape index (κ3) is 2.57. The van der Waals surface area contributed by atoms with E-state index in [2.05, 4.69) is 4.98 Å². The zero-order chi connectivity index (χ0) is 12.4. The number of nitrogens with one attached hydrogen (secondary N) is 1. The number of morpholine rings is 1. The highest BCUT2D eigenvalue weighted by Gasteiger charge is 2.28. The standard InChI is InChI=1S/C10H12Cl2N2O3/c11-7-3-8(13-9(7)12)10(16)14-1-2-17-5-6(14)4-15/h3,6,13,15H,1-2,4-5H2. The number of nitrogens with zero attached hydrogens (tertiary/aromatic N) is 1. The fourth-order valence-electron chi connectivity index (χ4n) is 1.75. The molecule has 1 amide bonds. The zero-order valence-electron chi connectivity index (χ0n) is 8.95. The first kappa shape index (κ1) is 12.7. The Morgan fingerprint density at radius 2 is 2.41 bits per heavy atom. The first-order valence-electron chi connectivity index (χ1n) is 5.17. The summed E-state index contributed by atoms with van der Waals surface area (Å²) in [5.74, 6) is -0.235. The van der Waals surface area contributed by atoms with Crippen LogP contribution in [0.1, 0.15) is 10.5 Å². The van der Waals surface area contributed by atoms with Gasteiger partial charge in [-0.15, -0.1) is 0 Å². The van der Waals surface area contributed by atoms with E-state index in [1.54, 1.807) is 4.90 Å².